The average molecular weight is 393 g/mol. The topological polar surface area (TPSA) is 54.2 Å². The standard InChI is InChI=1S/C14H27N5.HI/c1-5-15-14(16-9-12(2)3)17-10-13(4)11-19-8-6-7-18-19;/h6-8,12-13H,5,9-11H2,1-4H3,(H2,15,16,17);1H. The van der Waals surface area contributed by atoms with Gasteiger partial charge in [-0.15, -0.1) is 24.0 Å². The smallest absolute Gasteiger partial charge is 0.191 e. The Hall–Kier alpha value is -0.790. The molecule has 0 bridgehead atoms. The summed E-state index contributed by atoms with van der Waals surface area (Å²) in [6.07, 6.45) is 3.81. The highest BCUT2D eigenvalue weighted by Crippen LogP contribution is 1.98. The van der Waals surface area contributed by atoms with Gasteiger partial charge in [0.25, 0.3) is 0 Å². The third kappa shape index (κ3) is 8.39. The first-order valence-electron chi connectivity index (χ1n) is 7.11. The van der Waals surface area contributed by atoms with E-state index in [-0.39, 0.29) is 24.0 Å². The van der Waals surface area contributed by atoms with Crippen molar-refractivity contribution in [3.05, 3.63) is 18.5 Å². The first-order chi connectivity index (χ1) is 9.11. The zero-order chi connectivity index (χ0) is 14.1. The maximum Gasteiger partial charge on any atom is 0.191 e. The summed E-state index contributed by atoms with van der Waals surface area (Å²) in [6, 6.07) is 1.95. The normalized spacial score (nSPS) is 12.9. The Kier molecular flexibility index (Phi) is 10.5. The van der Waals surface area contributed by atoms with E-state index in [9.17, 15) is 0 Å². The van der Waals surface area contributed by atoms with Crippen LogP contribution in [0.2, 0.25) is 0 Å². The van der Waals surface area contributed by atoms with Crippen molar-refractivity contribution >= 4 is 29.9 Å². The van der Waals surface area contributed by atoms with Gasteiger partial charge in [0, 0.05) is 38.6 Å². The van der Waals surface area contributed by atoms with Crippen molar-refractivity contribution < 1.29 is 0 Å². The summed E-state index contributed by atoms with van der Waals surface area (Å²) in [5, 5.41) is 10.9. The van der Waals surface area contributed by atoms with Gasteiger partial charge in [0.15, 0.2) is 5.96 Å². The number of nitrogens with zero attached hydrogens (tertiary/aromatic N) is 3. The Morgan fingerprint density at radius 2 is 2.05 bits per heavy atom. The van der Waals surface area contributed by atoms with E-state index in [1.165, 1.54) is 0 Å². The maximum absolute atomic E-state index is 4.55. The van der Waals surface area contributed by atoms with Gasteiger partial charge < -0.3 is 10.6 Å². The quantitative estimate of drug-likeness (QED) is 0.425. The van der Waals surface area contributed by atoms with Gasteiger partial charge in [0.2, 0.25) is 0 Å². The number of hydrogen-bond acceptors (Lipinski definition) is 2. The molecule has 5 nitrogen and oxygen atoms in total. The number of hydrogen-bond donors (Lipinski definition) is 2. The summed E-state index contributed by atoms with van der Waals surface area (Å²) >= 11 is 0. The van der Waals surface area contributed by atoms with Crippen molar-refractivity contribution in [3.63, 3.8) is 0 Å². The third-order valence-corrected chi connectivity index (χ3v) is 2.63. The maximum atomic E-state index is 4.55. The van der Waals surface area contributed by atoms with Crippen LogP contribution in [0, 0.1) is 11.8 Å². The minimum atomic E-state index is 0. The zero-order valence-electron chi connectivity index (χ0n) is 13.0. The molecule has 0 aliphatic carbocycles. The SMILES string of the molecule is CCNC(=NCC(C)C)NCC(C)Cn1cccn1.I. The summed E-state index contributed by atoms with van der Waals surface area (Å²) in [6.45, 7) is 12.2. The van der Waals surface area contributed by atoms with Gasteiger partial charge in [-0.1, -0.05) is 20.8 Å². The summed E-state index contributed by atoms with van der Waals surface area (Å²) in [5.41, 5.74) is 0. The summed E-state index contributed by atoms with van der Waals surface area (Å²) in [5.74, 6) is 1.99. The lowest BCUT2D eigenvalue weighted by molar-refractivity contribution is 0.443. The lowest BCUT2D eigenvalue weighted by Gasteiger charge is -2.16. The highest BCUT2D eigenvalue weighted by atomic mass is 127. The van der Waals surface area contributed by atoms with Crippen LogP contribution in [-0.4, -0.2) is 35.4 Å². The van der Waals surface area contributed by atoms with Crippen LogP contribution in [0.3, 0.4) is 0 Å². The van der Waals surface area contributed by atoms with E-state index in [0.717, 1.165) is 32.1 Å². The predicted molar refractivity (Wildman–Crippen MR) is 95.6 cm³/mol. The van der Waals surface area contributed by atoms with Crippen LogP contribution in [0.25, 0.3) is 0 Å². The minimum Gasteiger partial charge on any atom is -0.357 e. The zero-order valence-corrected chi connectivity index (χ0v) is 15.3. The van der Waals surface area contributed by atoms with Crippen molar-refractivity contribution in [1.29, 1.82) is 0 Å². The predicted octanol–water partition coefficient (Wildman–Crippen LogP) is 2.35. The highest BCUT2D eigenvalue weighted by molar-refractivity contribution is 14.0. The molecule has 1 atom stereocenters. The van der Waals surface area contributed by atoms with Gasteiger partial charge >= 0.3 is 0 Å². The molecule has 116 valence electrons. The molecule has 0 saturated carbocycles. The molecule has 1 heterocycles. The molecule has 0 aromatic carbocycles. The summed E-state index contributed by atoms with van der Waals surface area (Å²) in [4.78, 5) is 4.55. The van der Waals surface area contributed by atoms with E-state index in [2.05, 4.69) is 48.4 Å². The fraction of sp³-hybridized carbons (Fsp3) is 0.714. The number of rotatable bonds is 7. The van der Waals surface area contributed by atoms with Gasteiger partial charge in [-0.05, 0) is 24.8 Å². The Balaban J connectivity index is 0.00000361. The van der Waals surface area contributed by atoms with Crippen LogP contribution >= 0.6 is 24.0 Å². The number of aliphatic imine (C=N–C) groups is 1. The molecular formula is C14H28IN5. The van der Waals surface area contributed by atoms with E-state index in [4.69, 9.17) is 0 Å². The van der Waals surface area contributed by atoms with Gasteiger partial charge in [0.1, 0.15) is 0 Å². The molecule has 0 radical (unpaired) electrons. The molecule has 6 heteroatoms. The fourth-order valence-electron chi connectivity index (χ4n) is 1.68. The number of guanidine groups is 1. The summed E-state index contributed by atoms with van der Waals surface area (Å²) < 4.78 is 1.96. The van der Waals surface area contributed by atoms with Crippen molar-refractivity contribution in [3.8, 4) is 0 Å². The molecule has 0 aliphatic heterocycles. The van der Waals surface area contributed by atoms with E-state index < -0.39 is 0 Å². The lowest BCUT2D eigenvalue weighted by atomic mass is 10.2. The molecule has 2 N–H and O–H groups in total. The minimum absolute atomic E-state index is 0. The van der Waals surface area contributed by atoms with Crippen LogP contribution in [-0.2, 0) is 6.54 Å². The van der Waals surface area contributed by atoms with E-state index in [0.29, 0.717) is 11.8 Å². The van der Waals surface area contributed by atoms with E-state index in [1.54, 1.807) is 0 Å². The lowest BCUT2D eigenvalue weighted by Crippen LogP contribution is -2.40. The average Bonchev–Trinajstić information content (AvgIpc) is 2.85. The van der Waals surface area contributed by atoms with Crippen LogP contribution in [0.1, 0.15) is 27.7 Å². The molecule has 1 aromatic rings. The first kappa shape index (κ1) is 19.2. The second-order valence-corrected chi connectivity index (χ2v) is 5.33. The molecule has 1 unspecified atom stereocenters. The van der Waals surface area contributed by atoms with E-state index >= 15 is 0 Å². The third-order valence-electron chi connectivity index (χ3n) is 2.63. The van der Waals surface area contributed by atoms with Gasteiger partial charge in [-0.2, -0.15) is 5.10 Å². The Labute approximate surface area is 139 Å². The number of nitrogens with one attached hydrogen (secondary N) is 2. The highest BCUT2D eigenvalue weighted by Gasteiger charge is 2.05. The van der Waals surface area contributed by atoms with E-state index in [1.807, 2.05) is 23.1 Å². The van der Waals surface area contributed by atoms with Crippen molar-refractivity contribution in [1.82, 2.24) is 20.4 Å². The largest absolute Gasteiger partial charge is 0.357 e. The summed E-state index contributed by atoms with van der Waals surface area (Å²) in [7, 11) is 0. The van der Waals surface area contributed by atoms with Gasteiger partial charge in [-0.25, -0.2) is 0 Å². The molecule has 0 aliphatic rings. The first-order valence-corrected chi connectivity index (χ1v) is 7.11. The Morgan fingerprint density at radius 3 is 2.60 bits per heavy atom. The van der Waals surface area contributed by atoms with Gasteiger partial charge in [0.05, 0.1) is 0 Å². The molecule has 0 amide bonds. The molecule has 0 fully saturated rings. The van der Waals surface area contributed by atoms with Crippen molar-refractivity contribution in [2.45, 2.75) is 34.2 Å². The van der Waals surface area contributed by atoms with Crippen LogP contribution in [0.4, 0.5) is 0 Å². The molecule has 0 saturated heterocycles. The second kappa shape index (κ2) is 10.9. The van der Waals surface area contributed by atoms with Crippen molar-refractivity contribution in [2.75, 3.05) is 19.6 Å². The number of halogens is 1. The Morgan fingerprint density at radius 1 is 1.30 bits per heavy atom. The molecule has 20 heavy (non-hydrogen) atoms. The second-order valence-electron chi connectivity index (χ2n) is 5.33. The van der Waals surface area contributed by atoms with Gasteiger partial charge in [-0.3, -0.25) is 9.67 Å². The van der Waals surface area contributed by atoms with Crippen LogP contribution in [0.15, 0.2) is 23.5 Å². The molecule has 1 aromatic heterocycles. The van der Waals surface area contributed by atoms with Crippen LogP contribution < -0.4 is 10.6 Å². The fourth-order valence-corrected chi connectivity index (χ4v) is 1.68. The Bertz CT molecular complexity index is 362. The van der Waals surface area contributed by atoms with Crippen LogP contribution in [0.5, 0.6) is 0 Å². The molecule has 1 rings (SSSR count). The van der Waals surface area contributed by atoms with Crippen molar-refractivity contribution in [2.24, 2.45) is 16.8 Å². The molecule has 0 spiro atoms. The monoisotopic (exact) mass is 393 g/mol. The number of aromatic nitrogens is 2. The molecular weight excluding hydrogens is 365 g/mol.